The van der Waals surface area contributed by atoms with Gasteiger partial charge in [0.05, 0.1) is 0 Å². The molecule has 0 saturated heterocycles. The summed E-state index contributed by atoms with van der Waals surface area (Å²) in [6, 6.07) is 0. The Balaban J connectivity index is -0.000000320. The van der Waals surface area contributed by atoms with E-state index in [-0.39, 0.29) is 2.85 Å². The molecule has 0 fully saturated rings. The number of hydrogen-bond acceptors (Lipinski definition) is 0. The van der Waals surface area contributed by atoms with Crippen molar-refractivity contribution < 1.29 is 2.85 Å². The van der Waals surface area contributed by atoms with Crippen LogP contribution in [0.15, 0.2) is 0 Å². The summed E-state index contributed by atoms with van der Waals surface area (Å²) in [4.78, 5) is 0. The summed E-state index contributed by atoms with van der Waals surface area (Å²) >= 11 is 2.83. The fraction of sp³-hybridized carbons (Fsp3) is 1.00. The summed E-state index contributed by atoms with van der Waals surface area (Å²) in [6.45, 7) is 4.54. The minimum atomic E-state index is 0. The molecule has 0 spiro atoms. The van der Waals surface area contributed by atoms with E-state index in [1.54, 1.807) is 0 Å². The standard InChI is InChI=1S/C8H17.Al.2H2/c1-4-6-7-8(3)5-2;;;/h8H,3-7H2,1-2H3;;2*1H. The van der Waals surface area contributed by atoms with Crippen molar-refractivity contribution in [3.05, 3.63) is 0 Å². The molecule has 0 aromatic heterocycles. The molecule has 0 rings (SSSR count). The second-order valence-corrected chi connectivity index (χ2v) is 3.12. The van der Waals surface area contributed by atoms with E-state index < -0.39 is 0 Å². The van der Waals surface area contributed by atoms with Gasteiger partial charge in [-0.05, 0) is 0 Å². The molecule has 0 N–H and O–H groups in total. The summed E-state index contributed by atoms with van der Waals surface area (Å²) in [5, 5.41) is 1.29. The molecule has 9 heavy (non-hydrogen) atoms. The quantitative estimate of drug-likeness (QED) is 0.519. The van der Waals surface area contributed by atoms with Gasteiger partial charge in [0.2, 0.25) is 0 Å². The summed E-state index contributed by atoms with van der Waals surface area (Å²) in [5.74, 6) is 0.968. The highest BCUT2D eigenvalue weighted by atomic mass is 27.0. The maximum atomic E-state index is 2.83. The molecule has 0 aliphatic rings. The number of unbranched alkanes of at least 4 members (excludes halogenated alkanes) is 1. The lowest BCUT2D eigenvalue weighted by molar-refractivity contribution is 0.492. The molecule has 0 aromatic rings. The zero-order chi connectivity index (χ0) is 7.11. The summed E-state index contributed by atoms with van der Waals surface area (Å²) in [7, 11) is 0. The first kappa shape index (κ1) is 9.53. The molecule has 1 atom stereocenters. The molecule has 1 unspecified atom stereocenters. The molecular weight excluding hydrogens is 123 g/mol. The van der Waals surface area contributed by atoms with Gasteiger partial charge in [0, 0.05) is 2.85 Å². The Kier molecular flexibility index (Phi) is 7.04. The first-order valence-corrected chi connectivity index (χ1v) is 4.86. The minimum absolute atomic E-state index is 0. The lowest BCUT2D eigenvalue weighted by Crippen LogP contribution is -1.96. The molecule has 2 radical (unpaired) electrons. The molecule has 56 valence electrons. The van der Waals surface area contributed by atoms with Gasteiger partial charge < -0.3 is 0 Å². The average molecular weight is 144 g/mol. The van der Waals surface area contributed by atoms with Crippen LogP contribution in [0.1, 0.15) is 42.4 Å². The van der Waals surface area contributed by atoms with Crippen molar-refractivity contribution >= 4 is 16.3 Å². The van der Waals surface area contributed by atoms with Crippen molar-refractivity contribution in [3.63, 3.8) is 0 Å². The van der Waals surface area contributed by atoms with E-state index in [0.29, 0.717) is 0 Å². The van der Waals surface area contributed by atoms with Gasteiger partial charge in [0.25, 0.3) is 0 Å². The van der Waals surface area contributed by atoms with Crippen molar-refractivity contribution in [3.8, 4) is 0 Å². The maximum absolute atomic E-state index is 2.83. The second kappa shape index (κ2) is 6.65. The summed E-state index contributed by atoms with van der Waals surface area (Å²) in [5.41, 5.74) is 0. The van der Waals surface area contributed by atoms with Crippen molar-refractivity contribution in [2.45, 2.75) is 44.8 Å². The molecule has 0 heterocycles. The van der Waals surface area contributed by atoms with E-state index in [4.69, 9.17) is 0 Å². The van der Waals surface area contributed by atoms with Gasteiger partial charge in [-0.3, -0.25) is 0 Å². The van der Waals surface area contributed by atoms with E-state index in [0.717, 1.165) is 5.92 Å². The third-order valence-electron chi connectivity index (χ3n) is 1.88. The van der Waals surface area contributed by atoms with Crippen molar-refractivity contribution in [1.82, 2.24) is 0 Å². The Bertz CT molecular complexity index is 56.1. The van der Waals surface area contributed by atoms with Gasteiger partial charge in [-0.2, -0.15) is 0 Å². The van der Waals surface area contributed by atoms with Gasteiger partial charge in [-0.1, -0.05) is 45.4 Å². The van der Waals surface area contributed by atoms with E-state index in [9.17, 15) is 0 Å². The molecular formula is C8H21Al. The SMILES string of the molecule is CCCCC(CC)[CH2][Al].[HH].[HH]. The van der Waals surface area contributed by atoms with Gasteiger partial charge in [0.1, 0.15) is 16.3 Å². The van der Waals surface area contributed by atoms with Crippen LogP contribution < -0.4 is 0 Å². The van der Waals surface area contributed by atoms with Gasteiger partial charge in [-0.15, -0.1) is 5.28 Å². The molecule has 0 aliphatic carbocycles. The topological polar surface area (TPSA) is 0 Å². The van der Waals surface area contributed by atoms with Crippen LogP contribution in [-0.4, -0.2) is 16.3 Å². The third-order valence-corrected chi connectivity index (χ3v) is 2.54. The highest BCUT2D eigenvalue weighted by molar-refractivity contribution is 6.08. The Morgan fingerprint density at radius 3 is 2.44 bits per heavy atom. The fourth-order valence-electron chi connectivity index (χ4n) is 0.981. The van der Waals surface area contributed by atoms with Crippen LogP contribution in [0.2, 0.25) is 5.28 Å². The fourth-order valence-corrected chi connectivity index (χ4v) is 1.55. The lowest BCUT2D eigenvalue weighted by atomic mass is 10.0. The minimum Gasteiger partial charge on any atom is -0.115 e. The predicted molar refractivity (Wildman–Crippen MR) is 48.1 cm³/mol. The van der Waals surface area contributed by atoms with Crippen molar-refractivity contribution in [2.75, 3.05) is 0 Å². The molecule has 0 nitrogen and oxygen atoms in total. The zero-order valence-corrected chi connectivity index (χ0v) is 7.84. The molecule has 1 heteroatoms. The van der Waals surface area contributed by atoms with Crippen LogP contribution in [0.25, 0.3) is 0 Å². The molecule has 0 aromatic carbocycles. The lowest BCUT2D eigenvalue weighted by Gasteiger charge is -2.10. The first-order valence-electron chi connectivity index (χ1n) is 4.05. The predicted octanol–water partition coefficient (Wildman–Crippen LogP) is 3.28. The molecule has 0 amide bonds. The Morgan fingerprint density at radius 1 is 1.44 bits per heavy atom. The first-order chi connectivity index (χ1) is 4.35. The van der Waals surface area contributed by atoms with Crippen molar-refractivity contribution in [1.29, 1.82) is 0 Å². The van der Waals surface area contributed by atoms with Crippen LogP contribution in [0.5, 0.6) is 0 Å². The monoisotopic (exact) mass is 144 g/mol. The van der Waals surface area contributed by atoms with E-state index in [1.165, 1.54) is 31.0 Å². The second-order valence-electron chi connectivity index (χ2n) is 2.65. The Hall–Kier alpha value is 0.532. The van der Waals surface area contributed by atoms with Crippen LogP contribution >= 0.6 is 0 Å². The summed E-state index contributed by atoms with van der Waals surface area (Å²) < 4.78 is 0. The number of hydrogen-bond donors (Lipinski definition) is 0. The van der Waals surface area contributed by atoms with Crippen LogP contribution in [0, 0.1) is 5.92 Å². The third kappa shape index (κ3) is 5.00. The van der Waals surface area contributed by atoms with Crippen LogP contribution in [0.4, 0.5) is 0 Å². The molecule has 0 aliphatic heterocycles. The van der Waals surface area contributed by atoms with E-state index in [1.807, 2.05) is 0 Å². The molecule has 0 bridgehead atoms. The smallest absolute Gasteiger partial charge is 0.115 e. The Labute approximate surface area is 70.4 Å². The molecule has 0 saturated carbocycles. The van der Waals surface area contributed by atoms with Crippen LogP contribution in [-0.2, 0) is 0 Å². The number of rotatable bonds is 5. The average Bonchev–Trinajstić information content (AvgIpc) is 1.91. The highest BCUT2D eigenvalue weighted by Gasteiger charge is 1.99. The van der Waals surface area contributed by atoms with Crippen LogP contribution in [0.3, 0.4) is 0 Å². The largest absolute Gasteiger partial charge is 0.118 e. The van der Waals surface area contributed by atoms with Gasteiger partial charge in [-0.25, -0.2) is 0 Å². The maximum Gasteiger partial charge on any atom is 0.118 e. The summed E-state index contributed by atoms with van der Waals surface area (Å²) in [6.07, 6.45) is 5.54. The highest BCUT2D eigenvalue weighted by Crippen LogP contribution is 2.14. The van der Waals surface area contributed by atoms with Gasteiger partial charge >= 0.3 is 0 Å². The van der Waals surface area contributed by atoms with Crippen molar-refractivity contribution in [2.24, 2.45) is 5.92 Å². The van der Waals surface area contributed by atoms with Gasteiger partial charge in [0.15, 0.2) is 0 Å². The normalized spacial score (nSPS) is 13.6. The Morgan fingerprint density at radius 2 is 2.11 bits per heavy atom. The van der Waals surface area contributed by atoms with E-state index in [2.05, 4.69) is 30.1 Å². The van der Waals surface area contributed by atoms with E-state index >= 15 is 0 Å². The zero-order valence-electron chi connectivity index (χ0n) is 6.69.